The zero-order valence-corrected chi connectivity index (χ0v) is 15.6. The SMILES string of the molecule is C=CCN1N=C(c2ccc(C)cc2)SC(C)=C1c1ccc(OC)cc1. The van der Waals surface area contributed by atoms with Crippen molar-refractivity contribution in [2.45, 2.75) is 13.8 Å². The van der Waals surface area contributed by atoms with Crippen molar-refractivity contribution in [3.63, 3.8) is 0 Å². The molecule has 0 unspecified atom stereocenters. The van der Waals surface area contributed by atoms with Crippen molar-refractivity contribution >= 4 is 22.5 Å². The van der Waals surface area contributed by atoms with E-state index >= 15 is 0 Å². The summed E-state index contributed by atoms with van der Waals surface area (Å²) in [6, 6.07) is 16.6. The molecule has 0 spiro atoms. The van der Waals surface area contributed by atoms with Gasteiger partial charge in [0.05, 0.1) is 19.4 Å². The minimum Gasteiger partial charge on any atom is -0.497 e. The molecule has 0 aromatic heterocycles. The molecule has 2 aromatic rings. The first-order valence-corrected chi connectivity index (χ1v) is 9.01. The van der Waals surface area contributed by atoms with Crippen LogP contribution in [0.5, 0.6) is 5.75 Å². The van der Waals surface area contributed by atoms with Crippen molar-refractivity contribution in [3.8, 4) is 5.75 Å². The van der Waals surface area contributed by atoms with Crippen LogP contribution < -0.4 is 4.74 Å². The van der Waals surface area contributed by atoms with Crippen molar-refractivity contribution < 1.29 is 4.74 Å². The number of ether oxygens (including phenoxy) is 1. The van der Waals surface area contributed by atoms with Crippen LogP contribution in [0.3, 0.4) is 0 Å². The molecular formula is C21H22N2OS. The molecule has 3 nitrogen and oxygen atoms in total. The third-order valence-electron chi connectivity index (χ3n) is 4.02. The van der Waals surface area contributed by atoms with E-state index < -0.39 is 0 Å². The summed E-state index contributed by atoms with van der Waals surface area (Å²) in [5.74, 6) is 0.851. The van der Waals surface area contributed by atoms with E-state index in [1.807, 2.05) is 23.2 Å². The third kappa shape index (κ3) is 3.80. The van der Waals surface area contributed by atoms with Gasteiger partial charge in [0.15, 0.2) is 0 Å². The Bertz CT molecular complexity index is 820. The van der Waals surface area contributed by atoms with Gasteiger partial charge in [-0.05, 0) is 38.1 Å². The van der Waals surface area contributed by atoms with Crippen molar-refractivity contribution in [1.82, 2.24) is 5.01 Å². The number of aryl methyl sites for hydroxylation is 1. The molecule has 0 saturated heterocycles. The lowest BCUT2D eigenvalue weighted by Gasteiger charge is -2.29. The van der Waals surface area contributed by atoms with Gasteiger partial charge < -0.3 is 4.74 Å². The van der Waals surface area contributed by atoms with Crippen LogP contribution in [0.1, 0.15) is 23.6 Å². The van der Waals surface area contributed by atoms with E-state index in [1.165, 1.54) is 10.5 Å². The van der Waals surface area contributed by atoms with Crippen molar-refractivity contribution in [2.24, 2.45) is 5.10 Å². The molecule has 0 N–H and O–H groups in total. The molecule has 0 bridgehead atoms. The normalized spacial score (nSPS) is 14.4. The lowest BCUT2D eigenvalue weighted by Crippen LogP contribution is -2.22. The number of nitrogens with zero attached hydrogens (tertiary/aromatic N) is 2. The molecule has 1 aliphatic heterocycles. The van der Waals surface area contributed by atoms with Crippen molar-refractivity contribution in [3.05, 3.63) is 82.8 Å². The molecular weight excluding hydrogens is 328 g/mol. The molecule has 0 atom stereocenters. The van der Waals surface area contributed by atoms with E-state index in [0.717, 1.165) is 27.6 Å². The second-order valence-corrected chi connectivity index (χ2v) is 7.08. The van der Waals surface area contributed by atoms with Crippen LogP contribution in [-0.2, 0) is 0 Å². The highest BCUT2D eigenvalue weighted by Crippen LogP contribution is 2.37. The maximum absolute atomic E-state index is 5.26. The quantitative estimate of drug-likeness (QED) is 0.685. The first kappa shape index (κ1) is 17.4. The number of methoxy groups -OCH3 is 1. The number of hydrogen-bond donors (Lipinski definition) is 0. The smallest absolute Gasteiger partial charge is 0.128 e. The van der Waals surface area contributed by atoms with E-state index in [0.29, 0.717) is 6.54 Å². The minimum absolute atomic E-state index is 0.661. The summed E-state index contributed by atoms with van der Waals surface area (Å²) in [5, 5.41) is 7.91. The Balaban J connectivity index is 1.97. The standard InChI is InChI=1S/C21H22N2OS/c1-5-14-23-20(17-10-12-19(24-4)13-11-17)16(3)25-21(22-23)18-8-6-15(2)7-9-18/h5-13H,1,14H2,2-4H3. The number of rotatable bonds is 5. The van der Waals surface area contributed by atoms with Gasteiger partial charge in [0, 0.05) is 16.0 Å². The van der Waals surface area contributed by atoms with E-state index in [9.17, 15) is 0 Å². The van der Waals surface area contributed by atoms with E-state index in [-0.39, 0.29) is 0 Å². The minimum atomic E-state index is 0.661. The van der Waals surface area contributed by atoms with Gasteiger partial charge in [0.2, 0.25) is 0 Å². The molecule has 1 aliphatic rings. The fourth-order valence-electron chi connectivity index (χ4n) is 2.72. The summed E-state index contributed by atoms with van der Waals surface area (Å²) in [7, 11) is 1.68. The van der Waals surface area contributed by atoms with Gasteiger partial charge in [0.25, 0.3) is 0 Å². The molecule has 1 heterocycles. The molecule has 2 aromatic carbocycles. The van der Waals surface area contributed by atoms with Crippen LogP contribution in [0.2, 0.25) is 0 Å². The molecule has 128 valence electrons. The molecule has 0 radical (unpaired) electrons. The molecule has 25 heavy (non-hydrogen) atoms. The monoisotopic (exact) mass is 350 g/mol. The fourth-order valence-corrected chi connectivity index (χ4v) is 3.73. The predicted molar refractivity (Wildman–Crippen MR) is 108 cm³/mol. The van der Waals surface area contributed by atoms with Gasteiger partial charge in [-0.1, -0.05) is 47.7 Å². The van der Waals surface area contributed by atoms with Crippen LogP contribution in [0.15, 0.2) is 71.2 Å². The summed E-state index contributed by atoms with van der Waals surface area (Å²) in [6.07, 6.45) is 1.88. The Hall–Kier alpha value is -2.46. The maximum Gasteiger partial charge on any atom is 0.128 e. The summed E-state index contributed by atoms with van der Waals surface area (Å²) in [4.78, 5) is 1.22. The molecule has 0 saturated carbocycles. The number of hydrogen-bond acceptors (Lipinski definition) is 4. The number of benzene rings is 2. The zero-order chi connectivity index (χ0) is 17.8. The van der Waals surface area contributed by atoms with Gasteiger partial charge in [-0.25, -0.2) is 0 Å². The Kier molecular flexibility index (Phi) is 5.29. The molecule has 0 amide bonds. The van der Waals surface area contributed by atoms with Crippen molar-refractivity contribution in [2.75, 3.05) is 13.7 Å². The van der Waals surface area contributed by atoms with Crippen LogP contribution >= 0.6 is 11.8 Å². The Morgan fingerprint density at radius 3 is 2.28 bits per heavy atom. The fraction of sp³-hybridized carbons (Fsp3) is 0.190. The Morgan fingerprint density at radius 1 is 1.04 bits per heavy atom. The summed E-state index contributed by atoms with van der Waals surface area (Å²) >= 11 is 1.71. The first-order chi connectivity index (χ1) is 12.1. The zero-order valence-electron chi connectivity index (χ0n) is 14.8. The van der Waals surface area contributed by atoms with Gasteiger partial charge in [-0.15, -0.1) is 6.58 Å². The van der Waals surface area contributed by atoms with Crippen LogP contribution in [0.4, 0.5) is 0 Å². The van der Waals surface area contributed by atoms with Gasteiger partial charge in [0.1, 0.15) is 10.8 Å². The molecule has 0 fully saturated rings. The lowest BCUT2D eigenvalue weighted by molar-refractivity contribution is 0.414. The highest BCUT2D eigenvalue weighted by Gasteiger charge is 2.22. The van der Waals surface area contributed by atoms with E-state index in [1.54, 1.807) is 18.9 Å². The lowest BCUT2D eigenvalue weighted by atomic mass is 10.1. The van der Waals surface area contributed by atoms with Crippen LogP contribution in [0.25, 0.3) is 5.70 Å². The Morgan fingerprint density at radius 2 is 1.68 bits per heavy atom. The summed E-state index contributed by atoms with van der Waals surface area (Å²) < 4.78 is 5.26. The Labute approximate surface area is 153 Å². The highest BCUT2D eigenvalue weighted by atomic mass is 32.2. The van der Waals surface area contributed by atoms with Crippen LogP contribution in [-0.4, -0.2) is 23.7 Å². The topological polar surface area (TPSA) is 24.8 Å². The molecule has 3 rings (SSSR count). The second-order valence-electron chi connectivity index (χ2n) is 5.88. The maximum atomic E-state index is 5.26. The van der Waals surface area contributed by atoms with Gasteiger partial charge in [-0.2, -0.15) is 5.10 Å². The van der Waals surface area contributed by atoms with E-state index in [4.69, 9.17) is 9.84 Å². The highest BCUT2D eigenvalue weighted by molar-refractivity contribution is 8.17. The summed E-state index contributed by atoms with van der Waals surface area (Å²) in [6.45, 7) is 8.78. The van der Waals surface area contributed by atoms with Gasteiger partial charge in [-0.3, -0.25) is 5.01 Å². The van der Waals surface area contributed by atoms with E-state index in [2.05, 4.69) is 56.8 Å². The van der Waals surface area contributed by atoms with Crippen molar-refractivity contribution in [1.29, 1.82) is 0 Å². The number of allylic oxidation sites excluding steroid dienone is 1. The summed E-state index contributed by atoms with van der Waals surface area (Å²) in [5.41, 5.74) is 4.62. The van der Waals surface area contributed by atoms with Gasteiger partial charge >= 0.3 is 0 Å². The average Bonchev–Trinajstić information content (AvgIpc) is 2.62. The number of thioether (sulfide) groups is 1. The third-order valence-corrected chi connectivity index (χ3v) is 5.03. The predicted octanol–water partition coefficient (Wildman–Crippen LogP) is 5.29. The molecule has 0 aliphatic carbocycles. The van der Waals surface area contributed by atoms with Crippen LogP contribution in [0, 0.1) is 6.92 Å². The average molecular weight is 350 g/mol. The largest absolute Gasteiger partial charge is 0.497 e. The molecule has 4 heteroatoms. The first-order valence-electron chi connectivity index (χ1n) is 8.19. The second kappa shape index (κ2) is 7.62. The number of hydrazone groups is 1.